The van der Waals surface area contributed by atoms with Gasteiger partial charge in [-0.1, -0.05) is 54.6 Å². The molecule has 9 rings (SSSR count). The minimum Gasteiger partial charge on any atom is -0.545 e. The summed E-state index contributed by atoms with van der Waals surface area (Å²) in [7, 11) is 0. The van der Waals surface area contributed by atoms with E-state index >= 15 is 0 Å². The van der Waals surface area contributed by atoms with Crippen LogP contribution in [-0.2, 0) is 6.42 Å². The van der Waals surface area contributed by atoms with Crippen LogP contribution in [0.25, 0.3) is 43.1 Å². The number of rotatable bonds is 6. The predicted molar refractivity (Wildman–Crippen MR) is 223 cm³/mol. The van der Waals surface area contributed by atoms with Crippen LogP contribution in [0.2, 0.25) is 0 Å². The molecule has 0 fully saturated rings. The van der Waals surface area contributed by atoms with Crippen LogP contribution in [0, 0.1) is 30.2 Å². The Morgan fingerprint density at radius 1 is 0.483 bits per heavy atom. The predicted octanol–water partition coefficient (Wildman–Crippen LogP) is 8.76. The van der Waals surface area contributed by atoms with Crippen molar-refractivity contribution in [3.05, 3.63) is 197 Å². The Bertz CT molecular complexity index is 2940. The number of amides is 1. The molecule has 0 heterocycles. The summed E-state index contributed by atoms with van der Waals surface area (Å²) in [6.45, 7) is 1.92. The molecule has 7 N–H and O–H groups in total. The second-order valence-electron chi connectivity index (χ2n) is 14.1. The summed E-state index contributed by atoms with van der Waals surface area (Å²) in [6, 6.07) is 37.2. The minimum absolute atomic E-state index is 0.0384. The molecule has 0 aliphatic carbocycles. The van der Waals surface area contributed by atoms with Gasteiger partial charge < -0.3 is 26.7 Å². The van der Waals surface area contributed by atoms with Crippen molar-refractivity contribution >= 4 is 77.8 Å². The fourth-order valence-electron chi connectivity index (χ4n) is 7.24. The molecule has 0 saturated heterocycles. The van der Waals surface area contributed by atoms with Crippen molar-refractivity contribution in [3.63, 3.8) is 0 Å². The van der Waals surface area contributed by atoms with E-state index in [1.807, 2.05) is 25.1 Å². The zero-order valence-corrected chi connectivity index (χ0v) is 32.1. The van der Waals surface area contributed by atoms with Crippen molar-refractivity contribution in [1.29, 1.82) is 0 Å². The van der Waals surface area contributed by atoms with Crippen LogP contribution < -0.4 is 21.9 Å². The Morgan fingerprint density at radius 3 is 1.35 bits per heavy atom. The molecule has 0 spiro atoms. The number of hydrogen-bond donors (Lipinski definition) is 3. The number of Topliss-reactive ketones (excluding diaryl/α,β-unsaturated/α-hetero) is 1. The van der Waals surface area contributed by atoms with Crippen molar-refractivity contribution in [1.82, 2.24) is 0 Å². The fraction of sp³-hybridized carbons (Fsp3) is 0.0408. The molecular weight excluding hydrogens is 771 g/mol. The average Bonchev–Trinajstić information content (AvgIpc) is 3.24. The first-order valence-electron chi connectivity index (χ1n) is 18.7. The van der Waals surface area contributed by atoms with Crippen LogP contribution in [-0.4, -0.2) is 17.7 Å². The Labute approximate surface area is 340 Å². The summed E-state index contributed by atoms with van der Waals surface area (Å²) in [5, 5.41) is 20.7. The van der Waals surface area contributed by atoms with E-state index in [2.05, 4.69) is 16.8 Å². The molecule has 0 aliphatic rings. The van der Waals surface area contributed by atoms with Crippen LogP contribution in [0.3, 0.4) is 0 Å². The lowest BCUT2D eigenvalue weighted by Gasteiger charge is -2.20. The number of carboxylic acid groups (broad SMARTS) is 1. The second-order valence-corrected chi connectivity index (χ2v) is 14.1. The van der Waals surface area contributed by atoms with Crippen molar-refractivity contribution in [3.8, 4) is 0 Å². The number of nitrogens with one attached hydrogen (secondary N) is 1. The van der Waals surface area contributed by atoms with Gasteiger partial charge in [-0.15, -0.1) is 0 Å². The van der Waals surface area contributed by atoms with E-state index < -0.39 is 17.6 Å². The molecule has 0 aliphatic heterocycles. The first kappa shape index (κ1) is 40.7. The highest BCUT2D eigenvalue weighted by Crippen LogP contribution is 2.44. The molecule has 0 bridgehead atoms. The largest absolute Gasteiger partial charge is 0.545 e. The van der Waals surface area contributed by atoms with E-state index in [0.717, 1.165) is 49.3 Å². The number of carboxylic acids is 1. The first-order valence-corrected chi connectivity index (χ1v) is 18.7. The maximum atomic E-state index is 13.6. The van der Waals surface area contributed by atoms with Crippen LogP contribution in [0.4, 0.5) is 34.6 Å². The molecule has 0 saturated carbocycles. The number of aromatic carboxylic acids is 1. The van der Waals surface area contributed by atoms with Crippen LogP contribution in [0.5, 0.6) is 0 Å². The minimum atomic E-state index is -1.41. The highest BCUT2D eigenvalue weighted by atomic mass is 19.1. The quantitative estimate of drug-likeness (QED) is 0.0669. The number of carbonyl (C=O) groups excluding carboxylic acids is 3. The molecule has 0 radical (unpaired) electrons. The van der Waals surface area contributed by atoms with Gasteiger partial charge in [-0.25, -0.2) is 17.6 Å². The highest BCUT2D eigenvalue weighted by molar-refractivity contribution is 6.37. The lowest BCUT2D eigenvalue weighted by Crippen LogP contribution is -2.39. The molecule has 60 heavy (non-hydrogen) atoms. The summed E-state index contributed by atoms with van der Waals surface area (Å²) < 4.78 is 51.0. The third-order valence-corrected chi connectivity index (χ3v) is 10.1. The Morgan fingerprint density at radius 2 is 0.883 bits per heavy atom. The maximum absolute atomic E-state index is 13.6. The third-order valence-electron chi connectivity index (χ3n) is 10.1. The number of fused-ring (bicyclic) bond motifs is 2. The molecule has 1 amide bonds. The summed E-state index contributed by atoms with van der Waals surface area (Å²) in [6.07, 6.45) is -0.0384. The van der Waals surface area contributed by atoms with Gasteiger partial charge >= 0.3 is 0 Å². The van der Waals surface area contributed by atoms with Gasteiger partial charge in [-0.05, 0) is 122 Å². The van der Waals surface area contributed by atoms with E-state index in [0.29, 0.717) is 22.2 Å². The fourth-order valence-corrected chi connectivity index (χ4v) is 7.24. The van der Waals surface area contributed by atoms with Gasteiger partial charge in [0.15, 0.2) is 5.78 Å². The number of carbonyl (C=O) groups is 3. The summed E-state index contributed by atoms with van der Waals surface area (Å²) >= 11 is 0. The molecule has 0 unspecified atom stereocenters. The van der Waals surface area contributed by atoms with Crippen molar-refractivity contribution in [2.24, 2.45) is 0 Å². The lowest BCUT2D eigenvalue weighted by atomic mass is 9.83. The van der Waals surface area contributed by atoms with Gasteiger partial charge in [0.1, 0.15) is 34.6 Å². The van der Waals surface area contributed by atoms with E-state index in [4.69, 9.17) is 0 Å². The molecule has 9 aromatic carbocycles. The van der Waals surface area contributed by atoms with Crippen LogP contribution in [0.15, 0.2) is 146 Å². The van der Waals surface area contributed by atoms with Gasteiger partial charge in [0.2, 0.25) is 0 Å². The Kier molecular flexibility index (Phi) is 11.7. The molecule has 0 aromatic heterocycles. The zero-order valence-electron chi connectivity index (χ0n) is 32.1. The van der Waals surface area contributed by atoms with Crippen LogP contribution in [0.1, 0.15) is 42.2 Å². The van der Waals surface area contributed by atoms with Gasteiger partial charge in [-0.2, -0.15) is 0 Å². The van der Waals surface area contributed by atoms with E-state index in [9.17, 15) is 37.1 Å². The number of anilines is 1. The smallest absolute Gasteiger partial charge is 0.256 e. The normalized spacial score (nSPS) is 10.9. The number of benzene rings is 9. The molecule has 7 nitrogen and oxygen atoms in total. The van der Waals surface area contributed by atoms with E-state index in [1.165, 1.54) is 78.9 Å². The molecular formula is C49H36F4N3O4+. The number of ketones is 1. The monoisotopic (exact) mass is 806 g/mol. The topological polar surface area (TPSA) is 142 Å². The Balaban J connectivity index is 0.000000283. The second kappa shape index (κ2) is 17.2. The molecule has 11 heteroatoms. The summed E-state index contributed by atoms with van der Waals surface area (Å²) in [5.74, 6) is -3.31. The van der Waals surface area contributed by atoms with Gasteiger partial charge in [0, 0.05) is 58.5 Å². The van der Waals surface area contributed by atoms with E-state index in [1.54, 1.807) is 48.5 Å². The number of quaternary nitrogens is 2. The summed E-state index contributed by atoms with van der Waals surface area (Å²) in [4.78, 5) is 39.5. The number of aryl methyl sites for hydroxylation is 1. The van der Waals surface area contributed by atoms with Crippen molar-refractivity contribution < 1.29 is 48.5 Å². The maximum Gasteiger partial charge on any atom is 0.256 e. The highest BCUT2D eigenvalue weighted by Gasteiger charge is 2.23. The van der Waals surface area contributed by atoms with Gasteiger partial charge in [0.05, 0.1) is 5.97 Å². The number of halogens is 4. The third kappa shape index (κ3) is 8.53. The SMILES string of the molecule is Cc1ccc2c3ccc(C(=O)Cc4ccc(F)cc4)c4c(C(=O)[O-])ccc(c5ccc(C(=O)Nc6ccc(F)cc6)c1c52)c43.[NH3+]c1ccc(F)cc1.[NH3+]c1ccc(F)cc1. The van der Waals surface area contributed by atoms with Crippen LogP contribution >= 0.6 is 0 Å². The number of hydrogen-bond acceptors (Lipinski definition) is 4. The van der Waals surface area contributed by atoms with Crippen molar-refractivity contribution in [2.75, 3.05) is 5.32 Å². The van der Waals surface area contributed by atoms with Gasteiger partial charge in [-0.3, -0.25) is 9.59 Å². The lowest BCUT2D eigenvalue weighted by molar-refractivity contribution is -0.255. The first-order chi connectivity index (χ1) is 28.8. The molecule has 0 atom stereocenters. The average molecular weight is 807 g/mol. The zero-order chi connectivity index (χ0) is 42.7. The standard InChI is InChI=1S/C37H23F2NO4.2C6H6FN/c1-19-2-11-24-26-12-15-28(31(41)18-20-3-5-21(38)6-4-20)35-30(37(43)44)17-14-27(34(26)35)25-13-16-29(32(19)33(24)25)36(42)40-23-9-7-22(39)8-10-23;2*7-5-1-3-6(8)4-2-5/h2-17H,18H2,1H3,(H,40,42)(H,43,44);2*1-4H,8H2/p+1. The van der Waals surface area contributed by atoms with Gasteiger partial charge in [0.25, 0.3) is 5.91 Å². The molecule has 9 aromatic rings. The Hall–Kier alpha value is -7.47. The summed E-state index contributed by atoms with van der Waals surface area (Å²) in [5.41, 5.74) is 11.4. The molecule has 298 valence electrons. The van der Waals surface area contributed by atoms with E-state index in [-0.39, 0.29) is 46.3 Å². The van der Waals surface area contributed by atoms with Crippen molar-refractivity contribution in [2.45, 2.75) is 13.3 Å².